The highest BCUT2D eigenvalue weighted by atomic mass is 19.2. The molecule has 2 aromatic rings. The quantitative estimate of drug-likeness (QED) is 0.348. The van der Waals surface area contributed by atoms with Gasteiger partial charge in [0.15, 0.2) is 17.9 Å². The fourth-order valence-corrected chi connectivity index (χ4v) is 3.21. The van der Waals surface area contributed by atoms with E-state index in [9.17, 15) is 8.78 Å². The number of anilines is 1. The number of halogens is 2. The Hall–Kier alpha value is -3.17. The van der Waals surface area contributed by atoms with Crippen LogP contribution in [-0.4, -0.2) is 46.2 Å². The Morgan fingerprint density at radius 3 is 2.41 bits per heavy atom. The van der Waals surface area contributed by atoms with Crippen molar-refractivity contribution in [2.24, 2.45) is 0 Å². The van der Waals surface area contributed by atoms with Gasteiger partial charge in [-0.2, -0.15) is 9.65 Å². The Kier molecular flexibility index (Phi) is 11.8. The highest BCUT2D eigenvalue weighted by Crippen LogP contribution is 2.26. The predicted octanol–water partition coefficient (Wildman–Crippen LogP) is 4.23. The Balaban J connectivity index is 2.20. The molecule has 0 aliphatic carbocycles. The van der Waals surface area contributed by atoms with Crippen LogP contribution >= 0.6 is 0 Å². The van der Waals surface area contributed by atoms with Gasteiger partial charge in [0.1, 0.15) is 6.61 Å². The van der Waals surface area contributed by atoms with Crippen LogP contribution in [0.15, 0.2) is 36.4 Å². The van der Waals surface area contributed by atoms with Crippen molar-refractivity contribution < 1.29 is 23.0 Å². The lowest BCUT2D eigenvalue weighted by molar-refractivity contribution is -0.132. The molecule has 1 N–H and O–H groups in total. The van der Waals surface area contributed by atoms with Gasteiger partial charge in [-0.3, -0.25) is 0 Å². The van der Waals surface area contributed by atoms with E-state index in [2.05, 4.69) is 23.2 Å². The summed E-state index contributed by atoms with van der Waals surface area (Å²) >= 11 is 0. The van der Waals surface area contributed by atoms with Gasteiger partial charge in [0.2, 0.25) is 5.82 Å². The number of rotatable bonds is 13. The summed E-state index contributed by atoms with van der Waals surface area (Å²) in [5.74, 6) is 3.78. The van der Waals surface area contributed by atoms with Gasteiger partial charge in [0.05, 0.1) is 24.8 Å². The number of nitrogens with zero attached hydrogens (tertiary/aromatic N) is 2. The average molecular weight is 472 g/mol. The number of hydrogen-bond donors (Lipinski definition) is 1. The molecule has 2 rings (SSSR count). The van der Waals surface area contributed by atoms with E-state index in [4.69, 9.17) is 19.5 Å². The van der Waals surface area contributed by atoms with Gasteiger partial charge >= 0.3 is 0 Å². The van der Waals surface area contributed by atoms with Crippen LogP contribution in [0, 0.1) is 34.8 Å². The van der Waals surface area contributed by atoms with E-state index in [1.807, 2.05) is 18.9 Å². The summed E-state index contributed by atoms with van der Waals surface area (Å²) in [4.78, 5) is 1.89. The smallest absolute Gasteiger partial charge is 0.200 e. The first-order chi connectivity index (χ1) is 16.5. The van der Waals surface area contributed by atoms with Crippen LogP contribution < -0.4 is 15.0 Å². The second-order valence-corrected chi connectivity index (χ2v) is 7.23. The first-order valence-electron chi connectivity index (χ1n) is 11.2. The van der Waals surface area contributed by atoms with Crippen molar-refractivity contribution in [2.75, 3.05) is 44.9 Å². The molecule has 0 fully saturated rings. The summed E-state index contributed by atoms with van der Waals surface area (Å²) in [7, 11) is 1.81. The summed E-state index contributed by atoms with van der Waals surface area (Å²) in [5.41, 5.74) is 1.46. The normalized spacial score (nSPS) is 11.3. The highest BCUT2D eigenvalue weighted by Gasteiger charge is 2.19. The van der Waals surface area contributed by atoms with Gasteiger partial charge in [0.25, 0.3) is 0 Å². The maximum atomic E-state index is 14.8. The first kappa shape index (κ1) is 27.1. The van der Waals surface area contributed by atoms with Crippen molar-refractivity contribution in [1.29, 1.82) is 5.26 Å². The molecule has 0 bridgehead atoms. The zero-order valence-corrected chi connectivity index (χ0v) is 19.9. The van der Waals surface area contributed by atoms with Crippen molar-refractivity contribution >= 4 is 5.69 Å². The molecule has 1 atom stereocenters. The lowest BCUT2D eigenvalue weighted by atomic mass is 10.1. The van der Waals surface area contributed by atoms with Crippen LogP contribution in [0.3, 0.4) is 0 Å². The van der Waals surface area contributed by atoms with Crippen LogP contribution in [0.4, 0.5) is 14.5 Å². The molecule has 0 saturated heterocycles. The topological polar surface area (TPSA) is 66.8 Å². The number of ether oxygens (including phenoxy) is 3. The van der Waals surface area contributed by atoms with Crippen molar-refractivity contribution in [2.45, 2.75) is 33.1 Å². The van der Waals surface area contributed by atoms with Crippen LogP contribution in [-0.2, 0) is 16.0 Å². The second kappa shape index (κ2) is 14.9. The Morgan fingerprint density at radius 2 is 1.76 bits per heavy atom. The average Bonchev–Trinajstić information content (AvgIpc) is 2.85. The summed E-state index contributed by atoms with van der Waals surface area (Å²) in [5, 5.41) is 12.0. The van der Waals surface area contributed by atoms with Crippen molar-refractivity contribution in [1.82, 2.24) is 5.32 Å². The molecule has 6 nitrogen and oxygen atoms in total. The Labute approximate surface area is 200 Å². The minimum atomic E-state index is -1.00. The molecule has 34 heavy (non-hydrogen) atoms. The van der Waals surface area contributed by atoms with Gasteiger partial charge in [-0.05, 0) is 51.2 Å². The first-order valence-corrected chi connectivity index (χ1v) is 11.2. The zero-order chi connectivity index (χ0) is 24.8. The highest BCUT2D eigenvalue weighted by molar-refractivity contribution is 5.50. The Bertz CT molecular complexity index is 997. The van der Waals surface area contributed by atoms with Gasteiger partial charge in [0, 0.05) is 37.4 Å². The van der Waals surface area contributed by atoms with Gasteiger partial charge < -0.3 is 24.4 Å². The third-order valence-electron chi connectivity index (χ3n) is 4.87. The third kappa shape index (κ3) is 8.31. The summed E-state index contributed by atoms with van der Waals surface area (Å²) < 4.78 is 45.8. The van der Waals surface area contributed by atoms with E-state index in [-0.39, 0.29) is 31.1 Å². The van der Waals surface area contributed by atoms with Gasteiger partial charge in [-0.15, -0.1) is 0 Å². The molecule has 0 spiro atoms. The maximum absolute atomic E-state index is 14.8. The molecule has 0 aliphatic rings. The molecule has 182 valence electrons. The van der Waals surface area contributed by atoms with Gasteiger partial charge in [-0.1, -0.05) is 17.9 Å². The molecule has 0 aromatic heterocycles. The van der Waals surface area contributed by atoms with Crippen LogP contribution in [0.1, 0.15) is 31.4 Å². The van der Waals surface area contributed by atoms with Crippen molar-refractivity contribution in [3.63, 3.8) is 0 Å². The minimum Gasteiger partial charge on any atom is -0.491 e. The zero-order valence-electron chi connectivity index (χ0n) is 19.9. The SMILES string of the molecule is CCOc1ccc(CN(CC[C@H](OCC)OCC#CCNC)c2ccc(C#N)cc2)c(F)c1F. The summed E-state index contributed by atoms with van der Waals surface area (Å²) in [6, 6.07) is 12.0. The predicted molar refractivity (Wildman–Crippen MR) is 127 cm³/mol. The number of benzene rings is 2. The van der Waals surface area contributed by atoms with Crippen molar-refractivity contribution in [3.05, 3.63) is 59.2 Å². The molecular formula is C26H31F2N3O3. The number of nitriles is 1. The Morgan fingerprint density at radius 1 is 1.00 bits per heavy atom. The maximum Gasteiger partial charge on any atom is 0.200 e. The van der Waals surface area contributed by atoms with Crippen molar-refractivity contribution in [3.8, 4) is 23.7 Å². The van der Waals surface area contributed by atoms with E-state index in [0.717, 1.165) is 5.69 Å². The number of hydrogen-bond acceptors (Lipinski definition) is 6. The molecule has 0 saturated carbocycles. The lowest BCUT2D eigenvalue weighted by Crippen LogP contribution is -2.29. The molecule has 0 heterocycles. The van der Waals surface area contributed by atoms with Crippen LogP contribution in [0.5, 0.6) is 5.75 Å². The van der Waals surface area contributed by atoms with Crippen LogP contribution in [0.2, 0.25) is 0 Å². The molecule has 8 heteroatoms. The van der Waals surface area contributed by atoms with E-state index in [1.54, 1.807) is 31.2 Å². The molecule has 0 amide bonds. The molecular weight excluding hydrogens is 440 g/mol. The van der Waals surface area contributed by atoms with E-state index in [1.165, 1.54) is 12.1 Å². The fourth-order valence-electron chi connectivity index (χ4n) is 3.21. The van der Waals surface area contributed by atoms with E-state index >= 15 is 0 Å². The summed E-state index contributed by atoms with van der Waals surface area (Å²) in [6.07, 6.45) is -0.0282. The monoisotopic (exact) mass is 471 g/mol. The molecule has 0 radical (unpaired) electrons. The van der Waals surface area contributed by atoms with Crippen LogP contribution in [0.25, 0.3) is 0 Å². The lowest BCUT2D eigenvalue weighted by Gasteiger charge is -2.27. The standard InChI is InChI=1S/C26H31F2N3O3/c1-4-32-23-13-10-21(25(27)26(23)28)19-31(22-11-8-20(18-29)9-12-22)16-14-24(33-5-2)34-17-7-6-15-30-3/h8-13,24,30H,4-5,14-17,19H2,1-3H3/t24-/m1/s1. The van der Waals surface area contributed by atoms with E-state index in [0.29, 0.717) is 31.7 Å². The summed E-state index contributed by atoms with van der Waals surface area (Å²) in [6.45, 7) is 5.63. The van der Waals surface area contributed by atoms with Gasteiger partial charge in [-0.25, -0.2) is 4.39 Å². The second-order valence-electron chi connectivity index (χ2n) is 7.23. The minimum absolute atomic E-state index is 0.113. The number of nitrogens with one attached hydrogen (secondary N) is 1. The molecule has 0 aliphatic heterocycles. The molecule has 0 unspecified atom stereocenters. The largest absolute Gasteiger partial charge is 0.491 e. The fraction of sp³-hybridized carbons (Fsp3) is 0.423. The third-order valence-corrected chi connectivity index (χ3v) is 4.87. The van der Waals surface area contributed by atoms with E-state index < -0.39 is 17.9 Å². The molecule has 2 aromatic carbocycles.